The van der Waals surface area contributed by atoms with Crippen LogP contribution in [-0.2, 0) is 9.53 Å². The third-order valence-corrected chi connectivity index (χ3v) is 4.32. The first kappa shape index (κ1) is 14.0. The van der Waals surface area contributed by atoms with Crippen LogP contribution < -0.4 is 0 Å². The number of nitrogens with zero attached hydrogens (tertiary/aromatic N) is 4. The van der Waals surface area contributed by atoms with Crippen LogP contribution in [0.25, 0.3) is 5.78 Å². The molecule has 1 aliphatic rings. The molecule has 0 aromatic carbocycles. The van der Waals surface area contributed by atoms with E-state index >= 15 is 0 Å². The van der Waals surface area contributed by atoms with Gasteiger partial charge in [-0.1, -0.05) is 12.8 Å². The van der Waals surface area contributed by atoms with E-state index in [2.05, 4.69) is 15.2 Å². The number of carbonyl (C=O) groups excluding carboxylic acids is 1. The largest absolute Gasteiger partial charge is 0.468 e. The highest BCUT2D eigenvalue weighted by Crippen LogP contribution is 2.37. The molecule has 6 nitrogen and oxygen atoms in total. The van der Waals surface area contributed by atoms with Gasteiger partial charge in [-0.25, -0.2) is 4.98 Å². The van der Waals surface area contributed by atoms with Crippen molar-refractivity contribution >= 4 is 11.7 Å². The molecule has 112 valence electrons. The van der Waals surface area contributed by atoms with E-state index in [1.807, 2.05) is 24.3 Å². The van der Waals surface area contributed by atoms with Crippen LogP contribution in [0.2, 0.25) is 0 Å². The lowest BCUT2D eigenvalue weighted by molar-refractivity contribution is -0.144. The molecule has 3 rings (SSSR count). The molecular formula is C15H20N4O2. The highest BCUT2D eigenvalue weighted by Gasteiger charge is 2.36. The molecule has 1 aliphatic carbocycles. The van der Waals surface area contributed by atoms with Crippen molar-refractivity contribution in [2.24, 2.45) is 5.92 Å². The summed E-state index contributed by atoms with van der Waals surface area (Å²) in [7, 11) is 1.43. The molecule has 1 fully saturated rings. The van der Waals surface area contributed by atoms with Crippen LogP contribution in [0.4, 0.5) is 0 Å². The molecule has 0 spiro atoms. The first-order chi connectivity index (χ1) is 10.1. The molecule has 2 aromatic rings. The van der Waals surface area contributed by atoms with E-state index in [0.717, 1.165) is 37.1 Å². The van der Waals surface area contributed by atoms with Crippen molar-refractivity contribution in [1.29, 1.82) is 0 Å². The molecule has 0 amide bonds. The predicted molar refractivity (Wildman–Crippen MR) is 77.0 cm³/mol. The van der Waals surface area contributed by atoms with E-state index in [9.17, 15) is 4.79 Å². The van der Waals surface area contributed by atoms with Crippen LogP contribution in [0.1, 0.15) is 48.8 Å². The lowest BCUT2D eigenvalue weighted by Gasteiger charge is -2.19. The highest BCUT2D eigenvalue weighted by molar-refractivity contribution is 5.77. The predicted octanol–water partition coefficient (Wildman–Crippen LogP) is 2.19. The minimum absolute atomic E-state index is 0.226. The Balaban J connectivity index is 2.13. The number of hydrogen-bond donors (Lipinski definition) is 0. The lowest BCUT2D eigenvalue weighted by atomic mass is 9.90. The number of aromatic nitrogens is 4. The van der Waals surface area contributed by atoms with E-state index in [-0.39, 0.29) is 17.8 Å². The Morgan fingerprint density at radius 1 is 1.33 bits per heavy atom. The van der Waals surface area contributed by atoms with Gasteiger partial charge in [-0.05, 0) is 38.7 Å². The fourth-order valence-electron chi connectivity index (χ4n) is 3.38. The highest BCUT2D eigenvalue weighted by atomic mass is 16.5. The number of fused-ring (bicyclic) bond motifs is 1. The summed E-state index contributed by atoms with van der Waals surface area (Å²) in [6.07, 6.45) is 4.39. The van der Waals surface area contributed by atoms with Crippen LogP contribution in [0.5, 0.6) is 0 Å². The molecule has 0 N–H and O–H groups in total. The van der Waals surface area contributed by atoms with Crippen molar-refractivity contribution in [1.82, 2.24) is 19.6 Å². The number of hydrogen-bond acceptors (Lipinski definition) is 5. The van der Waals surface area contributed by atoms with E-state index in [1.165, 1.54) is 7.11 Å². The summed E-state index contributed by atoms with van der Waals surface area (Å²) in [5.41, 5.74) is 1.89. The van der Waals surface area contributed by atoms with Crippen LogP contribution in [0.3, 0.4) is 0 Å². The van der Waals surface area contributed by atoms with Crippen molar-refractivity contribution in [2.75, 3.05) is 7.11 Å². The molecule has 0 aliphatic heterocycles. The maximum absolute atomic E-state index is 12.3. The average Bonchev–Trinajstić information content (AvgIpc) is 3.09. The van der Waals surface area contributed by atoms with Crippen LogP contribution >= 0.6 is 0 Å². The summed E-state index contributed by atoms with van der Waals surface area (Å²) in [6.45, 7) is 3.91. The second kappa shape index (κ2) is 5.42. The molecule has 0 radical (unpaired) electrons. The topological polar surface area (TPSA) is 69.4 Å². The van der Waals surface area contributed by atoms with Crippen LogP contribution in [-0.4, -0.2) is 32.7 Å². The molecular weight excluding hydrogens is 268 g/mol. The van der Waals surface area contributed by atoms with Gasteiger partial charge in [0.05, 0.1) is 7.11 Å². The van der Waals surface area contributed by atoms with Crippen molar-refractivity contribution < 1.29 is 9.53 Å². The number of methoxy groups -OCH3 is 1. The van der Waals surface area contributed by atoms with Gasteiger partial charge in [-0.15, -0.1) is 10.2 Å². The minimum Gasteiger partial charge on any atom is -0.468 e. The Labute approximate surface area is 123 Å². The molecule has 1 saturated carbocycles. The first-order valence-corrected chi connectivity index (χ1v) is 7.39. The zero-order valence-corrected chi connectivity index (χ0v) is 12.7. The summed E-state index contributed by atoms with van der Waals surface area (Å²) in [5.74, 6) is 0.917. The zero-order chi connectivity index (χ0) is 15.0. The van der Waals surface area contributed by atoms with E-state index < -0.39 is 0 Å². The standard InChI is InChI=1S/C15H20N4O2/c1-9-8-10(2)19-13(17-18-15(19)16-9)12(14(20)21-3)11-6-4-5-7-11/h8,11-12H,4-7H2,1-3H3. The van der Waals surface area contributed by atoms with Gasteiger partial charge >= 0.3 is 5.97 Å². The van der Waals surface area contributed by atoms with Crippen molar-refractivity contribution in [3.8, 4) is 0 Å². The molecule has 6 heteroatoms. The fourth-order valence-corrected chi connectivity index (χ4v) is 3.38. The first-order valence-electron chi connectivity index (χ1n) is 7.39. The van der Waals surface area contributed by atoms with Gasteiger partial charge in [0.15, 0.2) is 5.82 Å². The smallest absolute Gasteiger partial charge is 0.316 e. The van der Waals surface area contributed by atoms with Gasteiger partial charge in [-0.3, -0.25) is 9.20 Å². The summed E-state index contributed by atoms with van der Waals surface area (Å²) >= 11 is 0. The van der Waals surface area contributed by atoms with Crippen molar-refractivity contribution in [3.05, 3.63) is 23.3 Å². The number of rotatable bonds is 3. The Kier molecular flexibility index (Phi) is 3.61. The third-order valence-electron chi connectivity index (χ3n) is 4.32. The van der Waals surface area contributed by atoms with E-state index in [1.54, 1.807) is 0 Å². The molecule has 0 saturated heterocycles. The number of carbonyl (C=O) groups is 1. The summed E-state index contributed by atoms with van der Waals surface area (Å²) < 4.78 is 6.90. The van der Waals surface area contributed by atoms with Gasteiger partial charge in [0.1, 0.15) is 5.92 Å². The molecule has 0 bridgehead atoms. The molecule has 1 atom stereocenters. The molecule has 2 aromatic heterocycles. The average molecular weight is 288 g/mol. The Hall–Kier alpha value is -1.98. The zero-order valence-electron chi connectivity index (χ0n) is 12.7. The number of esters is 1. The van der Waals surface area contributed by atoms with Crippen molar-refractivity contribution in [3.63, 3.8) is 0 Å². The maximum atomic E-state index is 12.3. The quantitative estimate of drug-likeness (QED) is 0.810. The number of aryl methyl sites for hydroxylation is 2. The lowest BCUT2D eigenvalue weighted by Crippen LogP contribution is -2.24. The second-order valence-electron chi connectivity index (χ2n) is 5.78. The fraction of sp³-hybridized carbons (Fsp3) is 0.600. The van der Waals surface area contributed by atoms with Crippen LogP contribution in [0.15, 0.2) is 6.07 Å². The molecule has 2 heterocycles. The Morgan fingerprint density at radius 2 is 2.05 bits per heavy atom. The van der Waals surface area contributed by atoms with Gasteiger partial charge in [0.25, 0.3) is 5.78 Å². The van der Waals surface area contributed by atoms with Crippen LogP contribution in [0, 0.1) is 19.8 Å². The summed E-state index contributed by atoms with van der Waals surface area (Å²) in [4.78, 5) is 16.7. The minimum atomic E-state index is -0.351. The number of ether oxygens (including phenoxy) is 1. The normalized spacial score (nSPS) is 17.3. The van der Waals surface area contributed by atoms with Gasteiger partial charge in [0.2, 0.25) is 0 Å². The molecule has 1 unspecified atom stereocenters. The van der Waals surface area contributed by atoms with E-state index in [4.69, 9.17) is 4.74 Å². The maximum Gasteiger partial charge on any atom is 0.316 e. The third kappa shape index (κ3) is 2.39. The SMILES string of the molecule is COC(=O)C(c1nnc2nc(C)cc(C)n12)C1CCCC1. The summed E-state index contributed by atoms with van der Waals surface area (Å²) in [5, 5.41) is 8.40. The monoisotopic (exact) mass is 288 g/mol. The van der Waals surface area contributed by atoms with E-state index in [0.29, 0.717) is 11.6 Å². The van der Waals surface area contributed by atoms with Gasteiger partial charge in [-0.2, -0.15) is 0 Å². The van der Waals surface area contributed by atoms with Gasteiger partial charge < -0.3 is 4.74 Å². The Bertz CT molecular complexity index is 674. The van der Waals surface area contributed by atoms with Gasteiger partial charge in [0, 0.05) is 11.4 Å². The Morgan fingerprint density at radius 3 is 2.71 bits per heavy atom. The van der Waals surface area contributed by atoms with Crippen molar-refractivity contribution in [2.45, 2.75) is 45.4 Å². The molecule has 21 heavy (non-hydrogen) atoms. The second-order valence-corrected chi connectivity index (χ2v) is 5.78. The summed E-state index contributed by atoms with van der Waals surface area (Å²) in [6, 6.07) is 1.98.